The van der Waals surface area contributed by atoms with Crippen LogP contribution in [0.3, 0.4) is 0 Å². The van der Waals surface area contributed by atoms with E-state index in [1.165, 1.54) is 44.9 Å². The highest BCUT2D eigenvalue weighted by molar-refractivity contribution is 5.97. The predicted molar refractivity (Wildman–Crippen MR) is 87.6 cm³/mol. The highest BCUT2D eigenvalue weighted by atomic mass is 16.5. The molecule has 1 atom stereocenters. The Hall–Kier alpha value is -0.940. The van der Waals surface area contributed by atoms with Crippen LogP contribution in [0, 0.1) is 0 Å². The molecular formula is C17H32N2O3. The minimum absolute atomic E-state index is 0.179. The van der Waals surface area contributed by atoms with Crippen molar-refractivity contribution in [1.82, 2.24) is 10.6 Å². The third-order valence-electron chi connectivity index (χ3n) is 3.99. The van der Waals surface area contributed by atoms with E-state index >= 15 is 0 Å². The van der Waals surface area contributed by atoms with E-state index in [4.69, 9.17) is 4.74 Å². The second-order valence-corrected chi connectivity index (χ2v) is 6.05. The SMILES string of the molecule is CCCCCCCCCCCC(=O)NC(=O)C1CNCCO1. The minimum atomic E-state index is -0.527. The van der Waals surface area contributed by atoms with Crippen molar-refractivity contribution in [3.05, 3.63) is 0 Å². The molecule has 2 N–H and O–H groups in total. The summed E-state index contributed by atoms with van der Waals surface area (Å²) >= 11 is 0. The number of imide groups is 1. The maximum absolute atomic E-state index is 11.8. The lowest BCUT2D eigenvalue weighted by Crippen LogP contribution is -2.49. The van der Waals surface area contributed by atoms with Crippen LogP contribution in [0.15, 0.2) is 0 Å². The molecule has 2 amide bonds. The van der Waals surface area contributed by atoms with Crippen molar-refractivity contribution in [3.8, 4) is 0 Å². The van der Waals surface area contributed by atoms with Crippen LogP contribution in [0.1, 0.15) is 71.1 Å². The molecule has 0 aliphatic carbocycles. The molecule has 22 heavy (non-hydrogen) atoms. The molecule has 0 spiro atoms. The minimum Gasteiger partial charge on any atom is -0.366 e. The first-order valence-electron chi connectivity index (χ1n) is 8.90. The Labute approximate surface area is 134 Å². The fourth-order valence-electron chi connectivity index (χ4n) is 2.61. The maximum atomic E-state index is 11.8. The van der Waals surface area contributed by atoms with Crippen molar-refractivity contribution in [2.75, 3.05) is 19.7 Å². The lowest BCUT2D eigenvalue weighted by Gasteiger charge is -2.22. The van der Waals surface area contributed by atoms with Gasteiger partial charge in [0.25, 0.3) is 5.91 Å². The van der Waals surface area contributed by atoms with Crippen molar-refractivity contribution in [2.45, 2.75) is 77.2 Å². The first-order chi connectivity index (χ1) is 10.7. The molecular weight excluding hydrogens is 280 g/mol. The Bertz CT molecular complexity index is 315. The van der Waals surface area contributed by atoms with Gasteiger partial charge in [0, 0.05) is 19.5 Å². The van der Waals surface area contributed by atoms with E-state index in [1.807, 2.05) is 0 Å². The van der Waals surface area contributed by atoms with Gasteiger partial charge in [0.2, 0.25) is 5.91 Å². The molecule has 5 heteroatoms. The normalized spacial score (nSPS) is 18.1. The van der Waals surface area contributed by atoms with Gasteiger partial charge in [0.1, 0.15) is 6.10 Å². The van der Waals surface area contributed by atoms with Gasteiger partial charge in [-0.05, 0) is 6.42 Å². The Morgan fingerprint density at radius 2 is 1.68 bits per heavy atom. The summed E-state index contributed by atoms with van der Waals surface area (Å²) in [5.74, 6) is -0.491. The number of carbonyl (C=O) groups excluding carboxylic acids is 2. The van der Waals surface area contributed by atoms with E-state index in [0.717, 1.165) is 19.4 Å². The number of hydrogen-bond donors (Lipinski definition) is 2. The number of carbonyl (C=O) groups is 2. The number of unbranched alkanes of at least 4 members (excludes halogenated alkanes) is 8. The second-order valence-electron chi connectivity index (χ2n) is 6.05. The number of nitrogens with one attached hydrogen (secondary N) is 2. The fraction of sp³-hybridized carbons (Fsp3) is 0.882. The van der Waals surface area contributed by atoms with Gasteiger partial charge in [-0.2, -0.15) is 0 Å². The zero-order valence-corrected chi connectivity index (χ0v) is 14.0. The zero-order valence-electron chi connectivity index (χ0n) is 14.0. The average molecular weight is 312 g/mol. The van der Waals surface area contributed by atoms with Crippen molar-refractivity contribution < 1.29 is 14.3 Å². The van der Waals surface area contributed by atoms with Crippen molar-refractivity contribution in [2.24, 2.45) is 0 Å². The van der Waals surface area contributed by atoms with E-state index in [2.05, 4.69) is 17.6 Å². The summed E-state index contributed by atoms with van der Waals surface area (Å²) in [6.45, 7) is 3.99. The van der Waals surface area contributed by atoms with Crippen LogP contribution in [0.4, 0.5) is 0 Å². The third kappa shape index (κ3) is 9.15. The molecule has 1 aliphatic heterocycles. The highest BCUT2D eigenvalue weighted by Gasteiger charge is 2.22. The van der Waals surface area contributed by atoms with Gasteiger partial charge in [0.05, 0.1) is 6.61 Å². The molecule has 128 valence electrons. The number of amides is 2. The van der Waals surface area contributed by atoms with Crippen LogP contribution < -0.4 is 10.6 Å². The Kier molecular flexibility index (Phi) is 10.9. The maximum Gasteiger partial charge on any atom is 0.257 e. The first kappa shape index (κ1) is 19.1. The third-order valence-corrected chi connectivity index (χ3v) is 3.99. The van der Waals surface area contributed by atoms with Gasteiger partial charge in [-0.25, -0.2) is 0 Å². The topological polar surface area (TPSA) is 67.4 Å². The number of ether oxygens (including phenoxy) is 1. The monoisotopic (exact) mass is 312 g/mol. The summed E-state index contributed by atoms with van der Waals surface area (Å²) in [6.07, 6.45) is 10.9. The Morgan fingerprint density at radius 3 is 2.27 bits per heavy atom. The van der Waals surface area contributed by atoms with Gasteiger partial charge in [-0.1, -0.05) is 58.3 Å². The fourth-order valence-corrected chi connectivity index (χ4v) is 2.61. The number of hydrogen-bond acceptors (Lipinski definition) is 4. The average Bonchev–Trinajstić information content (AvgIpc) is 2.54. The summed E-state index contributed by atoms with van der Waals surface area (Å²) < 4.78 is 5.31. The molecule has 1 heterocycles. The summed E-state index contributed by atoms with van der Waals surface area (Å²) in [7, 11) is 0. The Morgan fingerprint density at radius 1 is 1.05 bits per heavy atom. The van der Waals surface area contributed by atoms with Crippen LogP contribution in [0.5, 0.6) is 0 Å². The standard InChI is InChI=1S/C17H32N2O3/c1-2-3-4-5-6-7-8-9-10-11-16(20)19-17(21)15-14-18-12-13-22-15/h15,18H,2-14H2,1H3,(H,19,20,21). The van der Waals surface area contributed by atoms with Crippen molar-refractivity contribution in [1.29, 1.82) is 0 Å². The van der Waals surface area contributed by atoms with Gasteiger partial charge in [0.15, 0.2) is 0 Å². The van der Waals surface area contributed by atoms with Gasteiger partial charge in [-0.15, -0.1) is 0 Å². The molecule has 0 aromatic heterocycles. The van der Waals surface area contributed by atoms with Crippen molar-refractivity contribution in [3.63, 3.8) is 0 Å². The molecule has 1 rings (SSSR count). The summed E-state index contributed by atoms with van der Waals surface area (Å²) in [5, 5.41) is 5.51. The van der Waals surface area contributed by atoms with Crippen LogP contribution in [0.2, 0.25) is 0 Å². The Balaban J connectivity index is 1.93. The molecule has 0 saturated carbocycles. The van der Waals surface area contributed by atoms with E-state index < -0.39 is 6.10 Å². The molecule has 0 bridgehead atoms. The smallest absolute Gasteiger partial charge is 0.257 e. The molecule has 0 radical (unpaired) electrons. The van der Waals surface area contributed by atoms with Gasteiger partial charge in [-0.3, -0.25) is 14.9 Å². The van der Waals surface area contributed by atoms with E-state index in [0.29, 0.717) is 19.6 Å². The van der Waals surface area contributed by atoms with Gasteiger partial charge >= 0.3 is 0 Å². The molecule has 1 unspecified atom stereocenters. The largest absolute Gasteiger partial charge is 0.366 e. The molecule has 1 aliphatic rings. The molecule has 1 saturated heterocycles. The number of morpholine rings is 1. The first-order valence-corrected chi connectivity index (χ1v) is 8.90. The van der Waals surface area contributed by atoms with Crippen LogP contribution in [0.25, 0.3) is 0 Å². The summed E-state index contributed by atoms with van der Waals surface area (Å²) in [6, 6.07) is 0. The van der Waals surface area contributed by atoms with E-state index in [9.17, 15) is 9.59 Å². The van der Waals surface area contributed by atoms with Crippen LogP contribution in [-0.2, 0) is 14.3 Å². The predicted octanol–water partition coefficient (Wildman–Crippen LogP) is 2.54. The second kappa shape index (κ2) is 12.6. The lowest BCUT2D eigenvalue weighted by molar-refractivity contribution is -0.139. The van der Waals surface area contributed by atoms with E-state index in [-0.39, 0.29) is 11.8 Å². The molecule has 0 aromatic rings. The summed E-state index contributed by atoms with van der Waals surface area (Å²) in [5.41, 5.74) is 0. The quantitative estimate of drug-likeness (QED) is 0.575. The highest BCUT2D eigenvalue weighted by Crippen LogP contribution is 2.10. The lowest BCUT2D eigenvalue weighted by atomic mass is 10.1. The molecule has 1 fully saturated rings. The molecule has 5 nitrogen and oxygen atoms in total. The van der Waals surface area contributed by atoms with Crippen molar-refractivity contribution >= 4 is 11.8 Å². The van der Waals surface area contributed by atoms with Gasteiger partial charge < -0.3 is 10.1 Å². The van der Waals surface area contributed by atoms with E-state index in [1.54, 1.807) is 0 Å². The van der Waals surface area contributed by atoms with Crippen LogP contribution in [-0.4, -0.2) is 37.6 Å². The summed E-state index contributed by atoms with van der Waals surface area (Å²) in [4.78, 5) is 23.5. The molecule has 0 aromatic carbocycles. The number of rotatable bonds is 11. The van der Waals surface area contributed by atoms with Crippen LogP contribution >= 0.6 is 0 Å². The zero-order chi connectivity index (χ0) is 16.0.